The van der Waals surface area contributed by atoms with Gasteiger partial charge in [0.15, 0.2) is 0 Å². The second-order valence-electron chi connectivity index (χ2n) is 5.41. The standard InChI is InChI=1S/C17H18BrN3O2/c18-13-4-1-3-12(9-13)17(22)21-14-6-7-16(19-10-14)20-11-15-5-2-8-23-15/h1,3-4,6-7,9-10,15H,2,5,8,11H2,(H,19,20)(H,21,22). The predicted octanol–water partition coefficient (Wildman–Crippen LogP) is 3.69. The predicted molar refractivity (Wildman–Crippen MR) is 93.8 cm³/mol. The first kappa shape index (κ1) is 16.0. The van der Waals surface area contributed by atoms with Gasteiger partial charge >= 0.3 is 0 Å². The molecule has 1 fully saturated rings. The van der Waals surface area contributed by atoms with Gasteiger partial charge in [0, 0.05) is 23.2 Å². The molecule has 120 valence electrons. The van der Waals surface area contributed by atoms with Crippen molar-refractivity contribution >= 4 is 33.3 Å². The molecule has 1 atom stereocenters. The molecule has 0 saturated carbocycles. The van der Waals surface area contributed by atoms with Crippen molar-refractivity contribution in [1.29, 1.82) is 0 Å². The number of benzene rings is 1. The first-order valence-corrected chi connectivity index (χ1v) is 8.38. The highest BCUT2D eigenvalue weighted by molar-refractivity contribution is 9.10. The van der Waals surface area contributed by atoms with Crippen molar-refractivity contribution in [3.8, 4) is 0 Å². The van der Waals surface area contributed by atoms with Crippen LogP contribution in [-0.2, 0) is 4.74 Å². The molecule has 1 aliphatic rings. The molecule has 2 aromatic rings. The van der Waals surface area contributed by atoms with Gasteiger partial charge in [-0.3, -0.25) is 4.79 Å². The third-order valence-corrected chi connectivity index (χ3v) is 4.14. The largest absolute Gasteiger partial charge is 0.376 e. The van der Waals surface area contributed by atoms with E-state index in [0.717, 1.165) is 36.3 Å². The van der Waals surface area contributed by atoms with E-state index in [1.807, 2.05) is 24.3 Å². The summed E-state index contributed by atoms with van der Waals surface area (Å²) in [6, 6.07) is 10.9. The number of nitrogens with zero attached hydrogens (tertiary/aromatic N) is 1. The van der Waals surface area contributed by atoms with Crippen LogP contribution in [0.15, 0.2) is 47.1 Å². The van der Waals surface area contributed by atoms with Crippen molar-refractivity contribution in [1.82, 2.24) is 4.98 Å². The van der Waals surface area contributed by atoms with Crippen molar-refractivity contribution < 1.29 is 9.53 Å². The molecule has 0 radical (unpaired) electrons. The number of halogens is 1. The summed E-state index contributed by atoms with van der Waals surface area (Å²) >= 11 is 3.36. The van der Waals surface area contributed by atoms with Gasteiger partial charge in [0.05, 0.1) is 18.0 Å². The zero-order chi connectivity index (χ0) is 16.1. The summed E-state index contributed by atoms with van der Waals surface area (Å²) < 4.78 is 6.43. The van der Waals surface area contributed by atoms with Gasteiger partial charge in [-0.2, -0.15) is 0 Å². The molecule has 1 saturated heterocycles. The molecular weight excluding hydrogens is 358 g/mol. The third-order valence-electron chi connectivity index (χ3n) is 3.64. The van der Waals surface area contributed by atoms with E-state index in [1.54, 1.807) is 18.3 Å². The van der Waals surface area contributed by atoms with E-state index in [1.165, 1.54) is 0 Å². The Kier molecular flexibility index (Phi) is 5.25. The number of hydrogen-bond donors (Lipinski definition) is 2. The average molecular weight is 376 g/mol. The Morgan fingerprint density at radius 2 is 2.26 bits per heavy atom. The van der Waals surface area contributed by atoms with Crippen LogP contribution in [0.4, 0.5) is 11.5 Å². The van der Waals surface area contributed by atoms with Crippen LogP contribution >= 0.6 is 15.9 Å². The Balaban J connectivity index is 1.55. The molecule has 1 unspecified atom stereocenters. The topological polar surface area (TPSA) is 63.2 Å². The minimum Gasteiger partial charge on any atom is -0.376 e. The number of nitrogens with one attached hydrogen (secondary N) is 2. The van der Waals surface area contributed by atoms with Gasteiger partial charge in [0.25, 0.3) is 5.91 Å². The molecule has 0 spiro atoms. The number of carbonyl (C=O) groups is 1. The minimum atomic E-state index is -0.159. The maximum absolute atomic E-state index is 12.2. The van der Waals surface area contributed by atoms with Crippen molar-refractivity contribution in [3.63, 3.8) is 0 Å². The van der Waals surface area contributed by atoms with E-state index in [4.69, 9.17) is 4.74 Å². The van der Waals surface area contributed by atoms with Crippen molar-refractivity contribution in [2.45, 2.75) is 18.9 Å². The fourth-order valence-electron chi connectivity index (χ4n) is 2.43. The lowest BCUT2D eigenvalue weighted by atomic mass is 10.2. The Labute approximate surface area is 143 Å². The SMILES string of the molecule is O=C(Nc1ccc(NCC2CCCO2)nc1)c1cccc(Br)c1. The maximum Gasteiger partial charge on any atom is 0.255 e. The number of hydrogen-bond acceptors (Lipinski definition) is 4. The second kappa shape index (κ2) is 7.57. The number of rotatable bonds is 5. The number of ether oxygens (including phenoxy) is 1. The van der Waals surface area contributed by atoms with Crippen LogP contribution < -0.4 is 10.6 Å². The summed E-state index contributed by atoms with van der Waals surface area (Å²) in [6.45, 7) is 1.61. The molecular formula is C17H18BrN3O2. The summed E-state index contributed by atoms with van der Waals surface area (Å²) in [5, 5.41) is 6.09. The van der Waals surface area contributed by atoms with E-state index in [0.29, 0.717) is 11.3 Å². The van der Waals surface area contributed by atoms with Gasteiger partial charge in [-0.25, -0.2) is 4.98 Å². The van der Waals surface area contributed by atoms with Crippen LogP contribution in [-0.4, -0.2) is 30.1 Å². The van der Waals surface area contributed by atoms with E-state index in [-0.39, 0.29) is 12.0 Å². The molecule has 0 bridgehead atoms. The van der Waals surface area contributed by atoms with Gasteiger partial charge < -0.3 is 15.4 Å². The van der Waals surface area contributed by atoms with E-state index in [9.17, 15) is 4.79 Å². The molecule has 2 N–H and O–H groups in total. The van der Waals surface area contributed by atoms with Gasteiger partial charge in [-0.15, -0.1) is 0 Å². The Morgan fingerprint density at radius 3 is 2.96 bits per heavy atom. The molecule has 3 rings (SSSR count). The van der Waals surface area contributed by atoms with Gasteiger partial charge in [0.1, 0.15) is 5.82 Å². The molecule has 2 heterocycles. The fourth-order valence-corrected chi connectivity index (χ4v) is 2.83. The van der Waals surface area contributed by atoms with Crippen LogP contribution in [0, 0.1) is 0 Å². The lowest BCUT2D eigenvalue weighted by molar-refractivity contribution is 0.102. The fraction of sp³-hybridized carbons (Fsp3) is 0.294. The first-order chi connectivity index (χ1) is 11.2. The Hall–Kier alpha value is -1.92. The number of anilines is 2. The van der Waals surface area contributed by atoms with Crippen LogP contribution in [0.3, 0.4) is 0 Å². The molecule has 1 aromatic heterocycles. The van der Waals surface area contributed by atoms with Gasteiger partial charge in [0.2, 0.25) is 0 Å². The second-order valence-corrected chi connectivity index (χ2v) is 6.33. The van der Waals surface area contributed by atoms with E-state index in [2.05, 4.69) is 31.5 Å². The first-order valence-electron chi connectivity index (χ1n) is 7.59. The van der Waals surface area contributed by atoms with E-state index < -0.39 is 0 Å². The summed E-state index contributed by atoms with van der Waals surface area (Å²) in [6.07, 6.45) is 4.13. The van der Waals surface area contributed by atoms with Crippen molar-refractivity contribution in [2.24, 2.45) is 0 Å². The Bertz CT molecular complexity index is 670. The number of pyridine rings is 1. The Morgan fingerprint density at radius 1 is 1.35 bits per heavy atom. The third kappa shape index (κ3) is 4.53. The molecule has 0 aliphatic carbocycles. The van der Waals surface area contributed by atoms with Crippen LogP contribution in [0.1, 0.15) is 23.2 Å². The number of aromatic nitrogens is 1. The molecule has 1 amide bonds. The average Bonchev–Trinajstić information content (AvgIpc) is 3.08. The molecule has 23 heavy (non-hydrogen) atoms. The zero-order valence-electron chi connectivity index (χ0n) is 12.6. The summed E-state index contributed by atoms with van der Waals surface area (Å²) in [7, 11) is 0. The van der Waals surface area contributed by atoms with E-state index >= 15 is 0 Å². The maximum atomic E-state index is 12.2. The van der Waals surface area contributed by atoms with Crippen molar-refractivity contribution in [3.05, 3.63) is 52.6 Å². The minimum absolute atomic E-state index is 0.159. The number of amides is 1. The van der Waals surface area contributed by atoms with Gasteiger partial charge in [-0.05, 0) is 43.2 Å². The molecule has 5 nitrogen and oxygen atoms in total. The van der Waals surface area contributed by atoms with Crippen LogP contribution in [0.25, 0.3) is 0 Å². The quantitative estimate of drug-likeness (QED) is 0.836. The molecule has 1 aromatic carbocycles. The highest BCUT2D eigenvalue weighted by Crippen LogP contribution is 2.16. The zero-order valence-corrected chi connectivity index (χ0v) is 14.2. The summed E-state index contributed by atoms with van der Waals surface area (Å²) in [5.74, 6) is 0.620. The summed E-state index contributed by atoms with van der Waals surface area (Å²) in [5.41, 5.74) is 1.26. The molecule has 6 heteroatoms. The van der Waals surface area contributed by atoms with Crippen molar-refractivity contribution in [2.75, 3.05) is 23.8 Å². The normalized spacial score (nSPS) is 17.0. The lowest BCUT2D eigenvalue weighted by Gasteiger charge is -2.11. The molecule has 1 aliphatic heterocycles. The smallest absolute Gasteiger partial charge is 0.255 e. The summed E-state index contributed by atoms with van der Waals surface area (Å²) in [4.78, 5) is 16.5. The highest BCUT2D eigenvalue weighted by Gasteiger charge is 2.15. The lowest BCUT2D eigenvalue weighted by Crippen LogP contribution is -2.19. The van der Waals surface area contributed by atoms with Crippen LogP contribution in [0.2, 0.25) is 0 Å². The van der Waals surface area contributed by atoms with Crippen LogP contribution in [0.5, 0.6) is 0 Å². The van der Waals surface area contributed by atoms with Gasteiger partial charge in [-0.1, -0.05) is 22.0 Å². The number of carbonyl (C=O) groups excluding carboxylic acids is 1. The highest BCUT2D eigenvalue weighted by atomic mass is 79.9. The monoisotopic (exact) mass is 375 g/mol.